The number of ether oxygens (including phenoxy) is 1. The fourth-order valence-corrected chi connectivity index (χ4v) is 4.79. The summed E-state index contributed by atoms with van der Waals surface area (Å²) < 4.78 is 5.17. The molecule has 160 valence electrons. The van der Waals surface area contributed by atoms with Gasteiger partial charge in [0.2, 0.25) is 0 Å². The van der Waals surface area contributed by atoms with Gasteiger partial charge < -0.3 is 15.0 Å². The van der Waals surface area contributed by atoms with Gasteiger partial charge in [-0.1, -0.05) is 6.07 Å². The highest BCUT2D eigenvalue weighted by molar-refractivity contribution is 5.93. The molecule has 0 atom stereocenters. The van der Waals surface area contributed by atoms with Crippen LogP contribution in [0.5, 0.6) is 0 Å². The number of benzene rings is 1. The van der Waals surface area contributed by atoms with Gasteiger partial charge in [-0.25, -0.2) is 0 Å². The van der Waals surface area contributed by atoms with E-state index in [-0.39, 0.29) is 5.91 Å². The van der Waals surface area contributed by atoms with Gasteiger partial charge in [0.15, 0.2) is 0 Å². The van der Waals surface area contributed by atoms with Crippen molar-refractivity contribution in [3.8, 4) is 6.07 Å². The minimum Gasteiger partial charge on any atom is -0.500 e. The summed E-state index contributed by atoms with van der Waals surface area (Å²) in [6, 6.07) is 10.5. The average Bonchev–Trinajstić information content (AvgIpc) is 3.34. The maximum atomic E-state index is 12.2. The van der Waals surface area contributed by atoms with E-state index in [9.17, 15) is 4.79 Å². The fourth-order valence-electron chi connectivity index (χ4n) is 4.79. The summed E-state index contributed by atoms with van der Waals surface area (Å²) in [5.41, 5.74) is 2.68. The van der Waals surface area contributed by atoms with E-state index >= 15 is 0 Å². The van der Waals surface area contributed by atoms with Crippen LogP contribution in [0.15, 0.2) is 36.1 Å². The third-order valence-electron chi connectivity index (χ3n) is 6.75. The van der Waals surface area contributed by atoms with Gasteiger partial charge in [-0.05, 0) is 62.8 Å². The summed E-state index contributed by atoms with van der Waals surface area (Å²) in [5, 5.41) is 12.3. The Bertz CT molecular complexity index is 800. The Kier molecular flexibility index (Phi) is 6.91. The van der Waals surface area contributed by atoms with Crippen LogP contribution in [0.3, 0.4) is 0 Å². The van der Waals surface area contributed by atoms with Crippen molar-refractivity contribution in [2.45, 2.75) is 44.6 Å². The number of nitrogens with one attached hydrogen (secondary N) is 1. The maximum absolute atomic E-state index is 12.2. The lowest BCUT2D eigenvalue weighted by Crippen LogP contribution is -2.47. The van der Waals surface area contributed by atoms with Gasteiger partial charge >= 0.3 is 0 Å². The highest BCUT2D eigenvalue weighted by Crippen LogP contribution is 2.28. The third kappa shape index (κ3) is 5.34. The molecule has 3 aliphatic rings. The molecule has 2 heterocycles. The Hall–Kier alpha value is -2.52. The number of anilines is 1. The van der Waals surface area contributed by atoms with Gasteiger partial charge in [-0.3, -0.25) is 9.69 Å². The lowest BCUT2D eigenvalue weighted by atomic mass is 9.84. The van der Waals surface area contributed by atoms with Crippen molar-refractivity contribution in [2.75, 3.05) is 44.2 Å². The molecule has 1 N–H and O–H groups in total. The summed E-state index contributed by atoms with van der Waals surface area (Å²) in [6.07, 6.45) is 8.20. The molecular weight excluding hydrogens is 376 g/mol. The van der Waals surface area contributed by atoms with E-state index in [1.54, 1.807) is 6.26 Å². The second-order valence-corrected chi connectivity index (χ2v) is 8.73. The van der Waals surface area contributed by atoms with Crippen LogP contribution in [-0.2, 0) is 9.53 Å². The molecule has 6 heteroatoms. The number of carbonyl (C=O) groups excluding carboxylic acids is 1. The second kappa shape index (κ2) is 9.99. The summed E-state index contributed by atoms with van der Waals surface area (Å²) in [5.74, 6) is 0.839. The molecule has 30 heavy (non-hydrogen) atoms. The zero-order valence-electron chi connectivity index (χ0n) is 17.7. The zero-order valence-corrected chi connectivity index (χ0v) is 17.7. The smallest absolute Gasteiger partial charge is 0.250 e. The van der Waals surface area contributed by atoms with Gasteiger partial charge in [0.05, 0.1) is 30.1 Å². The molecule has 1 aromatic rings. The van der Waals surface area contributed by atoms with Gasteiger partial charge in [0, 0.05) is 44.3 Å². The quantitative estimate of drug-likeness (QED) is 0.784. The Labute approximate surface area is 179 Å². The first-order chi connectivity index (χ1) is 14.7. The van der Waals surface area contributed by atoms with Crippen LogP contribution >= 0.6 is 0 Å². The highest BCUT2D eigenvalue weighted by Gasteiger charge is 2.25. The number of rotatable bonds is 6. The van der Waals surface area contributed by atoms with Gasteiger partial charge in [-0.15, -0.1) is 0 Å². The number of nitriles is 1. The number of carbonyl (C=O) groups is 1. The Balaban J connectivity index is 1.14. The summed E-state index contributed by atoms with van der Waals surface area (Å²) in [4.78, 5) is 17.2. The van der Waals surface area contributed by atoms with Crippen molar-refractivity contribution in [3.05, 3.63) is 41.7 Å². The first-order valence-electron chi connectivity index (χ1n) is 11.3. The van der Waals surface area contributed by atoms with Crippen molar-refractivity contribution >= 4 is 11.6 Å². The van der Waals surface area contributed by atoms with E-state index in [4.69, 9.17) is 10.00 Å². The summed E-state index contributed by atoms with van der Waals surface area (Å²) in [6.45, 7) is 6.01. The van der Waals surface area contributed by atoms with Crippen molar-refractivity contribution in [2.24, 2.45) is 5.92 Å². The van der Waals surface area contributed by atoms with Crippen molar-refractivity contribution in [3.63, 3.8) is 0 Å². The molecule has 1 saturated heterocycles. The summed E-state index contributed by atoms with van der Waals surface area (Å²) >= 11 is 0. The molecule has 1 aromatic carbocycles. The largest absolute Gasteiger partial charge is 0.500 e. The molecule has 2 fully saturated rings. The van der Waals surface area contributed by atoms with Crippen molar-refractivity contribution < 1.29 is 9.53 Å². The molecule has 0 aromatic heterocycles. The molecule has 1 amide bonds. The molecular formula is C24H32N4O2. The average molecular weight is 409 g/mol. The van der Waals surface area contributed by atoms with Gasteiger partial charge in [0.1, 0.15) is 0 Å². The SMILES string of the molecule is N#Cc1cccc(N2CCN(CC[C@H]3CC[C@H](NC(=O)C4=COCC4)CC3)CC2)c1. The van der Waals surface area contributed by atoms with Crippen LogP contribution in [0.4, 0.5) is 5.69 Å². The van der Waals surface area contributed by atoms with E-state index in [1.165, 1.54) is 19.3 Å². The molecule has 0 bridgehead atoms. The lowest BCUT2D eigenvalue weighted by Gasteiger charge is -2.37. The van der Waals surface area contributed by atoms with Crippen molar-refractivity contribution in [1.82, 2.24) is 10.2 Å². The molecule has 1 saturated carbocycles. The fraction of sp³-hybridized carbons (Fsp3) is 0.583. The molecule has 1 aliphatic carbocycles. The highest BCUT2D eigenvalue weighted by atomic mass is 16.5. The minimum atomic E-state index is 0.0640. The third-order valence-corrected chi connectivity index (χ3v) is 6.75. The van der Waals surface area contributed by atoms with Gasteiger partial charge in [0.25, 0.3) is 5.91 Å². The van der Waals surface area contributed by atoms with E-state index in [2.05, 4.69) is 27.3 Å². The first-order valence-corrected chi connectivity index (χ1v) is 11.3. The van der Waals surface area contributed by atoms with Crippen LogP contribution < -0.4 is 10.2 Å². The summed E-state index contributed by atoms with van der Waals surface area (Å²) in [7, 11) is 0. The van der Waals surface area contributed by atoms with Gasteiger partial charge in [-0.2, -0.15) is 5.26 Å². The van der Waals surface area contributed by atoms with Crippen LogP contribution in [0.25, 0.3) is 0 Å². The Morgan fingerprint density at radius 2 is 1.97 bits per heavy atom. The minimum absolute atomic E-state index is 0.0640. The number of hydrogen-bond donors (Lipinski definition) is 1. The number of piperazine rings is 1. The monoisotopic (exact) mass is 408 g/mol. The Morgan fingerprint density at radius 1 is 1.17 bits per heavy atom. The van der Waals surface area contributed by atoms with Crippen LogP contribution in [0, 0.1) is 17.2 Å². The first kappa shape index (κ1) is 20.7. The van der Waals surface area contributed by atoms with Crippen LogP contribution in [-0.4, -0.2) is 56.2 Å². The molecule has 0 unspecified atom stereocenters. The van der Waals surface area contributed by atoms with Crippen molar-refractivity contribution in [1.29, 1.82) is 5.26 Å². The van der Waals surface area contributed by atoms with E-state index in [1.807, 2.05) is 18.2 Å². The van der Waals surface area contributed by atoms with E-state index < -0.39 is 0 Å². The predicted octanol–water partition coefficient (Wildman–Crippen LogP) is 3.05. The number of hydrogen-bond acceptors (Lipinski definition) is 5. The molecule has 6 nitrogen and oxygen atoms in total. The van der Waals surface area contributed by atoms with E-state index in [0.717, 1.165) is 74.7 Å². The second-order valence-electron chi connectivity index (χ2n) is 8.73. The molecule has 0 radical (unpaired) electrons. The van der Waals surface area contributed by atoms with Crippen LogP contribution in [0.2, 0.25) is 0 Å². The number of nitrogens with zero attached hydrogens (tertiary/aromatic N) is 3. The topological polar surface area (TPSA) is 68.6 Å². The molecule has 0 spiro atoms. The maximum Gasteiger partial charge on any atom is 0.250 e. The number of amides is 1. The lowest BCUT2D eigenvalue weighted by molar-refractivity contribution is -0.118. The predicted molar refractivity (Wildman–Crippen MR) is 117 cm³/mol. The normalized spacial score (nSPS) is 24.6. The zero-order chi connectivity index (χ0) is 20.8. The Morgan fingerprint density at radius 3 is 2.67 bits per heavy atom. The molecule has 2 aliphatic heterocycles. The van der Waals surface area contributed by atoms with Crippen LogP contribution in [0.1, 0.15) is 44.1 Å². The van der Waals surface area contributed by atoms with E-state index in [0.29, 0.717) is 12.6 Å². The molecule has 4 rings (SSSR count). The standard InChI is InChI=1S/C24H32N4O2/c25-17-20-2-1-3-23(16-20)28-13-11-27(12-14-28)10-8-19-4-6-22(7-5-19)26-24(29)21-9-15-30-18-21/h1-3,16,18-19,22H,4-15H2,(H,26,29)/t19-,22-.